The second-order valence-corrected chi connectivity index (χ2v) is 3.71. The van der Waals surface area contributed by atoms with Crippen molar-refractivity contribution < 1.29 is 9.84 Å². The average Bonchev–Trinajstić information content (AvgIpc) is 2.30. The van der Waals surface area contributed by atoms with Gasteiger partial charge in [-0.3, -0.25) is 0 Å². The Labute approximate surface area is 84.7 Å². The first kappa shape index (κ1) is 9.74. The molecule has 0 aromatic heterocycles. The van der Waals surface area contributed by atoms with E-state index < -0.39 is 0 Å². The minimum atomic E-state index is 0.137. The Hall–Kier alpha value is -0.800. The minimum Gasteiger partial charge on any atom is -0.394 e. The van der Waals surface area contributed by atoms with Crippen molar-refractivity contribution in [1.29, 1.82) is 0 Å². The third-order valence-corrected chi connectivity index (χ3v) is 2.75. The molecule has 3 heteroatoms. The number of morpholine rings is 1. The summed E-state index contributed by atoms with van der Waals surface area (Å²) in [6.45, 7) is 2.47. The Morgan fingerprint density at radius 2 is 2.43 bits per heavy atom. The molecule has 2 rings (SSSR count). The zero-order valence-electron chi connectivity index (χ0n) is 8.35. The van der Waals surface area contributed by atoms with Crippen molar-refractivity contribution in [2.24, 2.45) is 0 Å². The van der Waals surface area contributed by atoms with Gasteiger partial charge in [-0.2, -0.15) is 0 Å². The quantitative estimate of drug-likeness (QED) is 0.711. The highest BCUT2D eigenvalue weighted by Gasteiger charge is 2.23. The van der Waals surface area contributed by atoms with Crippen LogP contribution in [0.1, 0.15) is 12.8 Å². The van der Waals surface area contributed by atoms with E-state index in [1.807, 2.05) is 0 Å². The van der Waals surface area contributed by atoms with Gasteiger partial charge in [0.2, 0.25) is 0 Å². The number of ether oxygens (including phenoxy) is 1. The number of hydrogen-bond acceptors (Lipinski definition) is 3. The van der Waals surface area contributed by atoms with Crippen LogP contribution in [-0.4, -0.2) is 42.4 Å². The molecule has 1 aliphatic carbocycles. The van der Waals surface area contributed by atoms with Crippen LogP contribution in [0.25, 0.3) is 0 Å². The first-order chi connectivity index (χ1) is 6.92. The van der Waals surface area contributed by atoms with Crippen molar-refractivity contribution in [3.63, 3.8) is 0 Å². The lowest BCUT2D eigenvalue weighted by molar-refractivity contribution is -0.00946. The van der Waals surface area contributed by atoms with E-state index in [0.29, 0.717) is 6.61 Å². The Morgan fingerprint density at radius 1 is 1.50 bits per heavy atom. The maximum atomic E-state index is 9.22. The largest absolute Gasteiger partial charge is 0.394 e. The second kappa shape index (κ2) is 4.62. The molecule has 1 heterocycles. The summed E-state index contributed by atoms with van der Waals surface area (Å²) < 4.78 is 5.34. The van der Waals surface area contributed by atoms with Crippen LogP contribution >= 0.6 is 0 Å². The fraction of sp³-hybridized carbons (Fsp3) is 0.636. The van der Waals surface area contributed by atoms with Gasteiger partial charge >= 0.3 is 0 Å². The van der Waals surface area contributed by atoms with Crippen LogP contribution in [0.2, 0.25) is 0 Å². The molecule has 1 fully saturated rings. The van der Waals surface area contributed by atoms with Crippen molar-refractivity contribution >= 4 is 0 Å². The maximum absolute atomic E-state index is 9.22. The Morgan fingerprint density at radius 3 is 3.14 bits per heavy atom. The van der Waals surface area contributed by atoms with E-state index in [-0.39, 0.29) is 12.6 Å². The van der Waals surface area contributed by atoms with Gasteiger partial charge in [-0.1, -0.05) is 12.2 Å². The van der Waals surface area contributed by atoms with E-state index in [9.17, 15) is 5.11 Å². The molecule has 1 unspecified atom stereocenters. The van der Waals surface area contributed by atoms with Gasteiger partial charge in [-0.05, 0) is 18.9 Å². The van der Waals surface area contributed by atoms with E-state index in [4.69, 9.17) is 4.74 Å². The van der Waals surface area contributed by atoms with E-state index in [2.05, 4.69) is 23.1 Å². The Kier molecular flexibility index (Phi) is 3.22. The summed E-state index contributed by atoms with van der Waals surface area (Å²) in [5.74, 6) is 0. The molecule has 0 aromatic carbocycles. The summed E-state index contributed by atoms with van der Waals surface area (Å²) in [6.07, 6.45) is 8.84. The van der Waals surface area contributed by atoms with Crippen LogP contribution in [0, 0.1) is 0 Å². The molecule has 1 aliphatic heterocycles. The predicted molar refractivity (Wildman–Crippen MR) is 54.9 cm³/mol. The molecule has 0 saturated carbocycles. The lowest BCUT2D eigenvalue weighted by atomic mass is 10.1. The molecule has 0 radical (unpaired) electrons. The van der Waals surface area contributed by atoms with Crippen molar-refractivity contribution in [1.82, 2.24) is 4.90 Å². The second-order valence-electron chi connectivity index (χ2n) is 3.71. The van der Waals surface area contributed by atoms with Crippen LogP contribution in [-0.2, 0) is 4.74 Å². The summed E-state index contributed by atoms with van der Waals surface area (Å²) in [5.41, 5.74) is 1.25. The number of rotatable bonds is 2. The monoisotopic (exact) mass is 195 g/mol. The molecule has 0 spiro atoms. The number of aliphatic hydroxyl groups excluding tert-OH is 1. The van der Waals surface area contributed by atoms with Gasteiger partial charge in [0.25, 0.3) is 0 Å². The predicted octanol–water partition coefficient (Wildman–Crippen LogP) is 0.913. The third kappa shape index (κ3) is 1.99. The van der Waals surface area contributed by atoms with Gasteiger partial charge in [0.05, 0.1) is 25.9 Å². The van der Waals surface area contributed by atoms with Gasteiger partial charge in [0, 0.05) is 12.2 Å². The molecule has 14 heavy (non-hydrogen) atoms. The van der Waals surface area contributed by atoms with E-state index in [1.54, 1.807) is 0 Å². The average molecular weight is 195 g/mol. The fourth-order valence-electron chi connectivity index (χ4n) is 1.96. The first-order valence-corrected chi connectivity index (χ1v) is 5.24. The van der Waals surface area contributed by atoms with Crippen LogP contribution in [0.3, 0.4) is 0 Å². The molecule has 1 atom stereocenters. The normalized spacial score (nSPS) is 27.6. The minimum absolute atomic E-state index is 0.137. The smallest absolute Gasteiger partial charge is 0.0755 e. The van der Waals surface area contributed by atoms with Gasteiger partial charge in [0.15, 0.2) is 0 Å². The maximum Gasteiger partial charge on any atom is 0.0755 e. The van der Waals surface area contributed by atoms with Gasteiger partial charge in [0.1, 0.15) is 0 Å². The molecular weight excluding hydrogens is 178 g/mol. The van der Waals surface area contributed by atoms with E-state index in [0.717, 1.165) is 26.0 Å². The molecule has 2 aliphatic rings. The molecule has 1 saturated heterocycles. The molecule has 0 amide bonds. The number of nitrogens with zero attached hydrogens (tertiary/aromatic N) is 1. The SMILES string of the molecule is OCC1COCCN1C1=CCCC=C1. The summed E-state index contributed by atoms with van der Waals surface area (Å²) in [7, 11) is 0. The zero-order valence-corrected chi connectivity index (χ0v) is 8.35. The van der Waals surface area contributed by atoms with Gasteiger partial charge in [-0.25, -0.2) is 0 Å². The van der Waals surface area contributed by atoms with Crippen LogP contribution in [0.15, 0.2) is 23.9 Å². The van der Waals surface area contributed by atoms with E-state index >= 15 is 0 Å². The summed E-state index contributed by atoms with van der Waals surface area (Å²) in [6, 6.07) is 0.137. The highest BCUT2D eigenvalue weighted by Crippen LogP contribution is 2.19. The van der Waals surface area contributed by atoms with Crippen LogP contribution in [0.4, 0.5) is 0 Å². The first-order valence-electron chi connectivity index (χ1n) is 5.24. The number of aliphatic hydroxyl groups is 1. The van der Waals surface area contributed by atoms with E-state index in [1.165, 1.54) is 5.70 Å². The zero-order chi connectivity index (χ0) is 9.80. The highest BCUT2D eigenvalue weighted by molar-refractivity contribution is 5.22. The van der Waals surface area contributed by atoms with Gasteiger partial charge in [-0.15, -0.1) is 0 Å². The summed E-state index contributed by atoms with van der Waals surface area (Å²) in [4.78, 5) is 2.25. The van der Waals surface area contributed by atoms with Crippen LogP contribution in [0.5, 0.6) is 0 Å². The lowest BCUT2D eigenvalue weighted by Gasteiger charge is -2.37. The molecule has 3 nitrogen and oxygen atoms in total. The molecule has 0 aromatic rings. The number of allylic oxidation sites excluding steroid dienone is 3. The van der Waals surface area contributed by atoms with Crippen molar-refractivity contribution in [2.45, 2.75) is 18.9 Å². The standard InChI is InChI=1S/C11H17NO2/c13-8-11-9-14-7-6-12(11)10-4-2-1-3-5-10/h2,4-5,11,13H,1,3,6-9H2. The lowest BCUT2D eigenvalue weighted by Crippen LogP contribution is -2.46. The molecule has 1 N–H and O–H groups in total. The Balaban J connectivity index is 2.06. The molecular formula is C11H17NO2. The fourth-order valence-corrected chi connectivity index (χ4v) is 1.96. The molecule has 78 valence electrons. The topological polar surface area (TPSA) is 32.7 Å². The van der Waals surface area contributed by atoms with Crippen LogP contribution < -0.4 is 0 Å². The van der Waals surface area contributed by atoms with Gasteiger partial charge < -0.3 is 14.7 Å². The van der Waals surface area contributed by atoms with Crippen molar-refractivity contribution in [3.8, 4) is 0 Å². The Bertz CT molecular complexity index is 248. The third-order valence-electron chi connectivity index (χ3n) is 2.75. The van der Waals surface area contributed by atoms with Crippen molar-refractivity contribution in [2.75, 3.05) is 26.4 Å². The summed E-state index contributed by atoms with van der Waals surface area (Å²) >= 11 is 0. The highest BCUT2D eigenvalue weighted by atomic mass is 16.5. The number of hydrogen-bond donors (Lipinski definition) is 1. The molecule has 0 bridgehead atoms. The van der Waals surface area contributed by atoms with Crippen molar-refractivity contribution in [3.05, 3.63) is 23.9 Å². The summed E-state index contributed by atoms with van der Waals surface area (Å²) in [5, 5.41) is 9.22.